The number of hydrogen-bond acceptors (Lipinski definition) is 3. The Kier molecular flexibility index (Phi) is 6.00. The van der Waals surface area contributed by atoms with Crippen molar-refractivity contribution >= 4 is 17.5 Å². The molecule has 2 atom stereocenters. The van der Waals surface area contributed by atoms with Crippen molar-refractivity contribution in [1.29, 1.82) is 0 Å². The molecule has 0 saturated carbocycles. The lowest BCUT2D eigenvalue weighted by Gasteiger charge is -2.43. The average Bonchev–Trinajstić information content (AvgIpc) is 2.52. The molecule has 1 aromatic rings. The highest BCUT2D eigenvalue weighted by Crippen LogP contribution is 2.31. The number of ether oxygens (including phenoxy) is 1. The van der Waals surface area contributed by atoms with Gasteiger partial charge >= 0.3 is 0 Å². The Balaban J connectivity index is 2.00. The predicted octanol–water partition coefficient (Wildman–Crippen LogP) is 2.66. The van der Waals surface area contributed by atoms with Gasteiger partial charge < -0.3 is 14.7 Å². The molecule has 1 fully saturated rings. The van der Waals surface area contributed by atoms with E-state index in [1.165, 1.54) is 12.1 Å². The van der Waals surface area contributed by atoms with E-state index in [4.69, 9.17) is 16.3 Å². The van der Waals surface area contributed by atoms with E-state index in [0.717, 1.165) is 0 Å². The second-order valence-corrected chi connectivity index (χ2v) is 6.62. The lowest BCUT2D eigenvalue weighted by molar-refractivity contribution is -0.139. The van der Waals surface area contributed by atoms with Crippen LogP contribution in [0, 0.1) is 11.7 Å². The summed E-state index contributed by atoms with van der Waals surface area (Å²) in [5.74, 6) is -0.698. The van der Waals surface area contributed by atoms with Crippen LogP contribution in [0.1, 0.15) is 25.3 Å². The summed E-state index contributed by atoms with van der Waals surface area (Å²) in [6, 6.07) is 4.40. The van der Waals surface area contributed by atoms with Gasteiger partial charge in [0.15, 0.2) is 0 Å². The maximum absolute atomic E-state index is 13.8. The van der Waals surface area contributed by atoms with E-state index in [9.17, 15) is 14.3 Å². The molecule has 0 aliphatic carbocycles. The first kappa shape index (κ1) is 18.2. The number of methoxy groups -OCH3 is 1. The summed E-state index contributed by atoms with van der Waals surface area (Å²) in [6.07, 6.45) is 0.981. The summed E-state index contributed by atoms with van der Waals surface area (Å²) in [7, 11) is 1.60. The molecule has 1 aliphatic heterocycles. The minimum absolute atomic E-state index is 0.0608. The van der Waals surface area contributed by atoms with Crippen molar-refractivity contribution in [3.05, 3.63) is 34.6 Å². The highest BCUT2D eigenvalue weighted by atomic mass is 35.5. The summed E-state index contributed by atoms with van der Waals surface area (Å²) in [4.78, 5) is 14.1. The van der Waals surface area contributed by atoms with Gasteiger partial charge in [-0.05, 0) is 25.0 Å². The van der Waals surface area contributed by atoms with Crippen molar-refractivity contribution in [1.82, 2.24) is 4.90 Å². The van der Waals surface area contributed by atoms with Crippen LogP contribution in [0.5, 0.6) is 0 Å². The molecule has 1 saturated heterocycles. The topological polar surface area (TPSA) is 49.8 Å². The fourth-order valence-corrected chi connectivity index (χ4v) is 3.24. The molecular formula is C17H23ClFNO3. The molecule has 1 aromatic carbocycles. The van der Waals surface area contributed by atoms with Gasteiger partial charge in [0.05, 0.1) is 12.0 Å². The van der Waals surface area contributed by atoms with Crippen LogP contribution in [0.3, 0.4) is 0 Å². The molecule has 1 amide bonds. The number of carbonyl (C=O) groups excluding carboxylic acids is 1. The van der Waals surface area contributed by atoms with Gasteiger partial charge in [-0.3, -0.25) is 4.79 Å². The van der Waals surface area contributed by atoms with E-state index < -0.39 is 11.4 Å². The Morgan fingerprint density at radius 1 is 1.57 bits per heavy atom. The van der Waals surface area contributed by atoms with Crippen LogP contribution >= 0.6 is 11.6 Å². The summed E-state index contributed by atoms with van der Waals surface area (Å²) in [6.45, 7) is 3.31. The Labute approximate surface area is 141 Å². The molecule has 1 aliphatic rings. The van der Waals surface area contributed by atoms with Crippen molar-refractivity contribution in [2.24, 2.45) is 5.92 Å². The van der Waals surface area contributed by atoms with Crippen LogP contribution < -0.4 is 0 Å². The summed E-state index contributed by atoms with van der Waals surface area (Å²) >= 11 is 5.98. The smallest absolute Gasteiger partial charge is 0.227 e. The van der Waals surface area contributed by atoms with Gasteiger partial charge in [-0.1, -0.05) is 24.6 Å². The van der Waals surface area contributed by atoms with E-state index in [1.807, 2.05) is 6.92 Å². The third-order valence-electron chi connectivity index (χ3n) is 4.71. The quantitative estimate of drug-likeness (QED) is 0.894. The van der Waals surface area contributed by atoms with Crippen LogP contribution in [-0.2, 0) is 16.0 Å². The highest BCUT2D eigenvalue weighted by molar-refractivity contribution is 6.31. The lowest BCUT2D eigenvalue weighted by atomic mass is 9.79. The van der Waals surface area contributed by atoms with Crippen LogP contribution in [0.4, 0.5) is 4.39 Å². The SMILES string of the molecule is COCC[C@]1(O)CCN(C(=O)Cc2c(F)cccc2Cl)C[C@H]1C. The van der Waals surface area contributed by atoms with Crippen LogP contribution in [0.2, 0.25) is 5.02 Å². The van der Waals surface area contributed by atoms with Gasteiger partial charge in [0.2, 0.25) is 5.91 Å². The van der Waals surface area contributed by atoms with Gasteiger partial charge in [0, 0.05) is 43.3 Å². The molecule has 1 heterocycles. The number of piperidine rings is 1. The number of halogens is 2. The monoisotopic (exact) mass is 343 g/mol. The van der Waals surface area contributed by atoms with Crippen LogP contribution in [0.25, 0.3) is 0 Å². The number of nitrogens with zero attached hydrogens (tertiary/aromatic N) is 1. The molecule has 6 heteroatoms. The van der Waals surface area contributed by atoms with E-state index in [-0.39, 0.29) is 28.8 Å². The maximum Gasteiger partial charge on any atom is 0.227 e. The molecule has 0 spiro atoms. The number of rotatable bonds is 5. The molecule has 128 valence electrons. The molecule has 0 bridgehead atoms. The van der Waals surface area contributed by atoms with E-state index in [0.29, 0.717) is 32.5 Å². The zero-order valence-corrected chi connectivity index (χ0v) is 14.3. The summed E-state index contributed by atoms with van der Waals surface area (Å²) < 4.78 is 18.8. The number of likely N-dealkylation sites (tertiary alicyclic amines) is 1. The lowest BCUT2D eigenvalue weighted by Crippen LogP contribution is -2.53. The number of amides is 1. The minimum Gasteiger partial charge on any atom is -0.389 e. The van der Waals surface area contributed by atoms with Gasteiger partial charge in [-0.15, -0.1) is 0 Å². The first-order valence-corrected chi connectivity index (χ1v) is 8.17. The van der Waals surface area contributed by atoms with Gasteiger partial charge in [0.1, 0.15) is 5.82 Å². The minimum atomic E-state index is -0.817. The normalized spacial score (nSPS) is 24.7. The maximum atomic E-state index is 13.8. The number of hydrogen-bond donors (Lipinski definition) is 1. The van der Waals surface area contributed by atoms with Gasteiger partial charge in [0.25, 0.3) is 0 Å². The van der Waals surface area contributed by atoms with Crippen molar-refractivity contribution in [3.8, 4) is 0 Å². The van der Waals surface area contributed by atoms with Crippen LogP contribution in [-0.4, -0.2) is 48.3 Å². The van der Waals surface area contributed by atoms with Crippen molar-refractivity contribution < 1.29 is 19.0 Å². The fraction of sp³-hybridized carbons (Fsp3) is 0.588. The first-order valence-electron chi connectivity index (χ1n) is 7.79. The number of benzene rings is 1. The average molecular weight is 344 g/mol. The second kappa shape index (κ2) is 7.60. The third-order valence-corrected chi connectivity index (χ3v) is 5.06. The first-order chi connectivity index (χ1) is 10.9. The second-order valence-electron chi connectivity index (χ2n) is 6.21. The van der Waals surface area contributed by atoms with E-state index in [1.54, 1.807) is 18.1 Å². The molecule has 0 aromatic heterocycles. The van der Waals surface area contributed by atoms with Gasteiger partial charge in [-0.25, -0.2) is 4.39 Å². The van der Waals surface area contributed by atoms with Crippen molar-refractivity contribution in [2.75, 3.05) is 26.8 Å². The fourth-order valence-electron chi connectivity index (χ4n) is 3.01. The Bertz CT molecular complexity index is 549. The Morgan fingerprint density at radius 3 is 2.91 bits per heavy atom. The zero-order chi connectivity index (χ0) is 17.0. The van der Waals surface area contributed by atoms with E-state index >= 15 is 0 Å². The number of carbonyl (C=O) groups is 1. The highest BCUT2D eigenvalue weighted by Gasteiger charge is 2.39. The predicted molar refractivity (Wildman–Crippen MR) is 86.9 cm³/mol. The van der Waals surface area contributed by atoms with Crippen molar-refractivity contribution in [2.45, 2.75) is 31.8 Å². The molecule has 0 radical (unpaired) electrons. The molecule has 2 rings (SSSR count). The largest absolute Gasteiger partial charge is 0.389 e. The molecule has 0 unspecified atom stereocenters. The van der Waals surface area contributed by atoms with Gasteiger partial charge in [-0.2, -0.15) is 0 Å². The zero-order valence-electron chi connectivity index (χ0n) is 13.5. The molecule has 4 nitrogen and oxygen atoms in total. The van der Waals surface area contributed by atoms with Crippen molar-refractivity contribution in [3.63, 3.8) is 0 Å². The molecule has 1 N–H and O–H groups in total. The standard InChI is InChI=1S/C17H23ClFNO3/c1-12-11-20(8-6-17(12,22)7-9-23-2)16(21)10-13-14(18)4-3-5-15(13)19/h3-5,12,22H,6-11H2,1-2H3/t12-,17-/m1/s1. The molecular weight excluding hydrogens is 321 g/mol. The van der Waals surface area contributed by atoms with Crippen LogP contribution in [0.15, 0.2) is 18.2 Å². The summed E-state index contributed by atoms with van der Waals surface area (Å²) in [5, 5.41) is 10.9. The summed E-state index contributed by atoms with van der Waals surface area (Å²) in [5.41, 5.74) is -0.588. The Morgan fingerprint density at radius 2 is 2.30 bits per heavy atom. The Hall–Kier alpha value is -1.17. The van der Waals surface area contributed by atoms with E-state index in [2.05, 4.69) is 0 Å². The number of aliphatic hydroxyl groups is 1. The molecule has 23 heavy (non-hydrogen) atoms. The third kappa shape index (κ3) is 4.22.